The largest absolute Gasteiger partial charge is 0.467 e. The van der Waals surface area contributed by atoms with E-state index in [1.54, 1.807) is 0 Å². The molecule has 1 N–H and O–H groups in total. The standard InChI is InChI=1S/C11H18N4O3/c1-5-11(3,4)18-9-8(15(16)17)7-13-10(14-9)12-6-2/h7H,5-6H2,1-4H3,(H,12,13,14). The first-order valence-corrected chi connectivity index (χ1v) is 5.84. The van der Waals surface area contributed by atoms with Crippen LogP contribution in [0.4, 0.5) is 11.6 Å². The van der Waals surface area contributed by atoms with Crippen molar-refractivity contribution < 1.29 is 9.66 Å². The Hall–Kier alpha value is -1.92. The maximum Gasteiger partial charge on any atom is 0.349 e. The Labute approximate surface area is 106 Å². The summed E-state index contributed by atoms with van der Waals surface area (Å²) in [5.41, 5.74) is -0.735. The van der Waals surface area contributed by atoms with E-state index in [4.69, 9.17) is 4.74 Å². The molecule has 0 aliphatic rings. The molecule has 0 spiro atoms. The van der Waals surface area contributed by atoms with Crippen LogP contribution in [-0.4, -0.2) is 27.0 Å². The van der Waals surface area contributed by atoms with Crippen LogP contribution in [0.2, 0.25) is 0 Å². The van der Waals surface area contributed by atoms with Crippen molar-refractivity contribution in [2.24, 2.45) is 0 Å². The molecular formula is C11H18N4O3. The van der Waals surface area contributed by atoms with Gasteiger partial charge in [-0.3, -0.25) is 10.1 Å². The van der Waals surface area contributed by atoms with Crippen molar-refractivity contribution in [3.63, 3.8) is 0 Å². The fourth-order valence-corrected chi connectivity index (χ4v) is 1.14. The van der Waals surface area contributed by atoms with Crippen LogP contribution < -0.4 is 10.1 Å². The molecule has 7 heteroatoms. The average molecular weight is 254 g/mol. The molecule has 0 bridgehead atoms. The van der Waals surface area contributed by atoms with Gasteiger partial charge in [-0.2, -0.15) is 4.98 Å². The Bertz CT molecular complexity index is 434. The summed E-state index contributed by atoms with van der Waals surface area (Å²) in [6.07, 6.45) is 1.87. The molecule has 7 nitrogen and oxygen atoms in total. The van der Waals surface area contributed by atoms with Gasteiger partial charge in [0.2, 0.25) is 5.95 Å². The lowest BCUT2D eigenvalue weighted by Crippen LogP contribution is -2.28. The van der Waals surface area contributed by atoms with Crippen LogP contribution in [0.15, 0.2) is 6.20 Å². The number of hydrogen-bond donors (Lipinski definition) is 1. The second kappa shape index (κ2) is 5.61. The molecule has 1 aromatic rings. The molecule has 100 valence electrons. The van der Waals surface area contributed by atoms with Gasteiger partial charge in [-0.1, -0.05) is 6.92 Å². The lowest BCUT2D eigenvalue weighted by atomic mass is 10.1. The van der Waals surface area contributed by atoms with Gasteiger partial charge in [0, 0.05) is 6.54 Å². The highest BCUT2D eigenvalue weighted by atomic mass is 16.6. The third kappa shape index (κ3) is 3.54. The molecule has 0 saturated heterocycles. The van der Waals surface area contributed by atoms with E-state index in [1.807, 2.05) is 27.7 Å². The van der Waals surface area contributed by atoms with E-state index in [9.17, 15) is 10.1 Å². The highest BCUT2D eigenvalue weighted by Crippen LogP contribution is 2.28. The van der Waals surface area contributed by atoms with E-state index in [-0.39, 0.29) is 11.6 Å². The predicted octanol–water partition coefficient (Wildman–Crippen LogP) is 2.38. The number of rotatable bonds is 6. The summed E-state index contributed by atoms with van der Waals surface area (Å²) < 4.78 is 5.60. The molecule has 0 aliphatic heterocycles. The van der Waals surface area contributed by atoms with Crippen LogP contribution in [0.5, 0.6) is 5.88 Å². The first-order chi connectivity index (χ1) is 8.39. The van der Waals surface area contributed by atoms with Crippen molar-refractivity contribution in [1.29, 1.82) is 0 Å². The molecule has 1 rings (SSSR count). The SMILES string of the molecule is CCNc1ncc([N+](=O)[O-])c(OC(C)(C)CC)n1. The normalized spacial score (nSPS) is 11.1. The number of nitrogens with one attached hydrogen (secondary N) is 1. The predicted molar refractivity (Wildman–Crippen MR) is 67.8 cm³/mol. The summed E-state index contributed by atoms with van der Waals surface area (Å²) in [6, 6.07) is 0. The average Bonchev–Trinajstić information content (AvgIpc) is 2.29. The molecule has 1 aromatic heterocycles. The van der Waals surface area contributed by atoms with Gasteiger partial charge < -0.3 is 10.1 Å². The molecule has 0 atom stereocenters. The van der Waals surface area contributed by atoms with Gasteiger partial charge >= 0.3 is 5.69 Å². The highest BCUT2D eigenvalue weighted by Gasteiger charge is 2.25. The topological polar surface area (TPSA) is 90.2 Å². The molecule has 0 saturated carbocycles. The Morgan fingerprint density at radius 2 is 2.17 bits per heavy atom. The van der Waals surface area contributed by atoms with Crippen LogP contribution in [0.1, 0.15) is 34.1 Å². The van der Waals surface area contributed by atoms with E-state index in [1.165, 1.54) is 0 Å². The van der Waals surface area contributed by atoms with Crippen molar-refractivity contribution in [3.8, 4) is 5.88 Å². The van der Waals surface area contributed by atoms with Gasteiger partial charge in [-0.15, -0.1) is 0 Å². The second-order valence-electron chi connectivity index (χ2n) is 4.39. The zero-order valence-corrected chi connectivity index (χ0v) is 11.1. The second-order valence-corrected chi connectivity index (χ2v) is 4.39. The summed E-state index contributed by atoms with van der Waals surface area (Å²) in [6.45, 7) is 8.17. The van der Waals surface area contributed by atoms with E-state index in [2.05, 4.69) is 15.3 Å². The smallest absolute Gasteiger partial charge is 0.349 e. The summed E-state index contributed by atoms with van der Waals surface area (Å²) in [5, 5.41) is 13.8. The lowest BCUT2D eigenvalue weighted by molar-refractivity contribution is -0.386. The van der Waals surface area contributed by atoms with Crippen LogP contribution >= 0.6 is 0 Å². The van der Waals surface area contributed by atoms with Crippen LogP contribution in [0, 0.1) is 10.1 Å². The minimum atomic E-state index is -0.545. The molecule has 0 aliphatic carbocycles. The molecular weight excluding hydrogens is 236 g/mol. The highest BCUT2D eigenvalue weighted by molar-refractivity contribution is 5.43. The van der Waals surface area contributed by atoms with E-state index in [0.717, 1.165) is 6.20 Å². The number of hydrogen-bond acceptors (Lipinski definition) is 6. The summed E-state index contributed by atoms with van der Waals surface area (Å²) in [5.74, 6) is 0.322. The Balaban J connectivity index is 3.11. The summed E-state index contributed by atoms with van der Waals surface area (Å²) in [4.78, 5) is 18.2. The maximum atomic E-state index is 10.9. The fourth-order valence-electron chi connectivity index (χ4n) is 1.14. The number of nitrogens with zero attached hydrogens (tertiary/aromatic N) is 3. The van der Waals surface area contributed by atoms with Crippen molar-refractivity contribution in [2.45, 2.75) is 39.7 Å². The first-order valence-electron chi connectivity index (χ1n) is 5.84. The molecule has 0 fully saturated rings. The van der Waals surface area contributed by atoms with Gasteiger partial charge in [0.05, 0.1) is 4.92 Å². The first kappa shape index (κ1) is 14.1. The van der Waals surface area contributed by atoms with Gasteiger partial charge in [-0.25, -0.2) is 4.98 Å². The summed E-state index contributed by atoms with van der Waals surface area (Å²) in [7, 11) is 0. The van der Waals surface area contributed by atoms with E-state index in [0.29, 0.717) is 18.9 Å². The van der Waals surface area contributed by atoms with Crippen molar-refractivity contribution in [1.82, 2.24) is 9.97 Å². The number of ether oxygens (including phenoxy) is 1. The number of anilines is 1. The van der Waals surface area contributed by atoms with Gasteiger partial charge in [0.15, 0.2) is 0 Å². The third-order valence-electron chi connectivity index (χ3n) is 2.49. The molecule has 18 heavy (non-hydrogen) atoms. The minimum absolute atomic E-state index is 0.00204. The molecule has 1 heterocycles. The van der Waals surface area contributed by atoms with Gasteiger partial charge in [-0.05, 0) is 27.2 Å². The molecule has 0 aromatic carbocycles. The molecule has 0 amide bonds. The van der Waals surface area contributed by atoms with Crippen LogP contribution in [-0.2, 0) is 0 Å². The Morgan fingerprint density at radius 1 is 1.50 bits per heavy atom. The monoisotopic (exact) mass is 254 g/mol. The van der Waals surface area contributed by atoms with Crippen LogP contribution in [0.25, 0.3) is 0 Å². The summed E-state index contributed by atoms with van der Waals surface area (Å²) >= 11 is 0. The minimum Gasteiger partial charge on any atom is -0.467 e. The lowest BCUT2D eigenvalue weighted by Gasteiger charge is -2.23. The fraction of sp³-hybridized carbons (Fsp3) is 0.636. The number of aromatic nitrogens is 2. The third-order valence-corrected chi connectivity index (χ3v) is 2.49. The Morgan fingerprint density at radius 3 is 2.67 bits per heavy atom. The van der Waals surface area contributed by atoms with Gasteiger partial charge in [0.25, 0.3) is 5.88 Å². The molecule has 0 radical (unpaired) electrons. The van der Waals surface area contributed by atoms with Gasteiger partial charge in [0.1, 0.15) is 11.8 Å². The van der Waals surface area contributed by atoms with E-state index >= 15 is 0 Å². The molecule has 0 unspecified atom stereocenters. The Kier molecular flexibility index (Phi) is 4.41. The zero-order valence-electron chi connectivity index (χ0n) is 11.1. The van der Waals surface area contributed by atoms with Crippen LogP contribution in [0.3, 0.4) is 0 Å². The maximum absolute atomic E-state index is 10.9. The zero-order chi connectivity index (χ0) is 13.8. The quantitative estimate of drug-likeness (QED) is 0.619. The van der Waals surface area contributed by atoms with Crippen molar-refractivity contribution >= 4 is 11.6 Å². The van der Waals surface area contributed by atoms with E-state index < -0.39 is 10.5 Å². The van der Waals surface area contributed by atoms with Crippen molar-refractivity contribution in [3.05, 3.63) is 16.3 Å². The van der Waals surface area contributed by atoms with Crippen molar-refractivity contribution in [2.75, 3.05) is 11.9 Å². The number of nitro groups is 1.